The number of benzene rings is 2. The Morgan fingerprint density at radius 1 is 1.00 bits per heavy atom. The van der Waals surface area contributed by atoms with E-state index in [1.54, 1.807) is 7.11 Å². The lowest BCUT2D eigenvalue weighted by Crippen LogP contribution is -2.36. The molecule has 1 heterocycles. The molecule has 126 valence electrons. The van der Waals surface area contributed by atoms with Gasteiger partial charge in [-0.25, -0.2) is 0 Å². The van der Waals surface area contributed by atoms with Gasteiger partial charge in [0.05, 0.1) is 7.11 Å². The second-order valence-corrected chi connectivity index (χ2v) is 6.35. The van der Waals surface area contributed by atoms with Crippen molar-refractivity contribution in [2.75, 3.05) is 20.2 Å². The molecule has 1 aliphatic heterocycles. The predicted octanol–water partition coefficient (Wildman–Crippen LogP) is 4.23. The second-order valence-electron chi connectivity index (χ2n) is 6.35. The molecule has 2 aromatic carbocycles. The molecular weight excluding hydrogens is 298 g/mol. The largest absolute Gasteiger partial charge is 0.496 e. The summed E-state index contributed by atoms with van der Waals surface area (Å²) in [7, 11) is 1.69. The molecule has 0 bridgehead atoms. The number of nitrogens with zero attached hydrogens (tertiary/aromatic N) is 1. The molecule has 1 saturated heterocycles. The smallest absolute Gasteiger partial charge is 0.223 e. The third kappa shape index (κ3) is 3.78. The SMILES string of the molecule is COc1ccccc1C(CC(=O)N1CCCCC1)c1ccccc1. The summed E-state index contributed by atoms with van der Waals surface area (Å²) in [4.78, 5) is 14.9. The van der Waals surface area contributed by atoms with Crippen molar-refractivity contribution in [1.82, 2.24) is 4.90 Å². The van der Waals surface area contributed by atoms with Crippen LogP contribution < -0.4 is 4.74 Å². The summed E-state index contributed by atoms with van der Waals surface area (Å²) in [5.41, 5.74) is 2.24. The number of rotatable bonds is 5. The molecule has 1 unspecified atom stereocenters. The Morgan fingerprint density at radius 2 is 1.67 bits per heavy atom. The molecule has 1 fully saturated rings. The van der Waals surface area contributed by atoms with Crippen LogP contribution in [0.5, 0.6) is 5.75 Å². The number of hydrogen-bond acceptors (Lipinski definition) is 2. The average molecular weight is 323 g/mol. The number of amides is 1. The van der Waals surface area contributed by atoms with E-state index in [0.29, 0.717) is 6.42 Å². The zero-order valence-electron chi connectivity index (χ0n) is 14.3. The highest BCUT2D eigenvalue weighted by atomic mass is 16.5. The minimum atomic E-state index is 0.0248. The highest BCUT2D eigenvalue weighted by molar-refractivity contribution is 5.78. The summed E-state index contributed by atoms with van der Waals surface area (Å²) >= 11 is 0. The summed E-state index contributed by atoms with van der Waals surface area (Å²) < 4.78 is 5.55. The van der Waals surface area contributed by atoms with E-state index in [9.17, 15) is 4.79 Å². The summed E-state index contributed by atoms with van der Waals surface area (Å²) in [5, 5.41) is 0. The number of carbonyl (C=O) groups is 1. The van der Waals surface area contributed by atoms with Crippen LogP contribution in [0.2, 0.25) is 0 Å². The number of carbonyl (C=O) groups excluding carboxylic acids is 1. The first-order valence-corrected chi connectivity index (χ1v) is 8.75. The summed E-state index contributed by atoms with van der Waals surface area (Å²) in [5.74, 6) is 1.11. The van der Waals surface area contributed by atoms with Crippen molar-refractivity contribution in [3.05, 3.63) is 65.7 Å². The van der Waals surface area contributed by atoms with Gasteiger partial charge in [-0.1, -0.05) is 48.5 Å². The van der Waals surface area contributed by atoms with Crippen molar-refractivity contribution in [3.8, 4) is 5.75 Å². The second kappa shape index (κ2) is 8.00. The summed E-state index contributed by atoms with van der Waals surface area (Å²) in [6.45, 7) is 1.79. The van der Waals surface area contributed by atoms with E-state index < -0.39 is 0 Å². The highest BCUT2D eigenvalue weighted by Gasteiger charge is 2.25. The van der Waals surface area contributed by atoms with Crippen molar-refractivity contribution in [2.24, 2.45) is 0 Å². The Morgan fingerprint density at radius 3 is 2.38 bits per heavy atom. The van der Waals surface area contributed by atoms with Gasteiger partial charge in [0.15, 0.2) is 0 Å². The lowest BCUT2D eigenvalue weighted by atomic mass is 9.87. The van der Waals surface area contributed by atoms with Gasteiger partial charge in [-0.2, -0.15) is 0 Å². The third-order valence-electron chi connectivity index (χ3n) is 4.80. The fourth-order valence-electron chi connectivity index (χ4n) is 3.49. The minimum Gasteiger partial charge on any atom is -0.496 e. The van der Waals surface area contributed by atoms with Gasteiger partial charge in [-0.3, -0.25) is 4.79 Å². The molecule has 0 aromatic heterocycles. The van der Waals surface area contributed by atoms with E-state index in [1.807, 2.05) is 41.3 Å². The molecule has 0 spiro atoms. The molecule has 1 atom stereocenters. The van der Waals surface area contributed by atoms with E-state index in [1.165, 1.54) is 6.42 Å². The molecule has 1 aliphatic rings. The molecule has 0 saturated carbocycles. The molecule has 0 aliphatic carbocycles. The lowest BCUT2D eigenvalue weighted by Gasteiger charge is -2.29. The fraction of sp³-hybridized carbons (Fsp3) is 0.381. The van der Waals surface area contributed by atoms with Gasteiger partial charge in [0.2, 0.25) is 5.91 Å². The summed E-state index contributed by atoms with van der Waals surface area (Å²) in [6.07, 6.45) is 3.97. The van der Waals surface area contributed by atoms with Gasteiger partial charge in [-0.15, -0.1) is 0 Å². The monoisotopic (exact) mass is 323 g/mol. The first-order valence-electron chi connectivity index (χ1n) is 8.75. The van der Waals surface area contributed by atoms with Crippen molar-refractivity contribution < 1.29 is 9.53 Å². The molecular formula is C21H25NO2. The van der Waals surface area contributed by atoms with E-state index >= 15 is 0 Å². The van der Waals surface area contributed by atoms with Gasteiger partial charge < -0.3 is 9.64 Å². The van der Waals surface area contributed by atoms with Crippen LogP contribution in [-0.2, 0) is 4.79 Å². The molecule has 2 aromatic rings. The maximum absolute atomic E-state index is 12.8. The van der Waals surface area contributed by atoms with E-state index in [0.717, 1.165) is 42.8 Å². The third-order valence-corrected chi connectivity index (χ3v) is 4.80. The Bertz CT molecular complexity index is 663. The Balaban J connectivity index is 1.89. The molecule has 1 amide bonds. The van der Waals surface area contributed by atoms with Gasteiger partial charge in [0.1, 0.15) is 5.75 Å². The van der Waals surface area contributed by atoms with Crippen LogP contribution >= 0.6 is 0 Å². The quantitative estimate of drug-likeness (QED) is 0.824. The maximum Gasteiger partial charge on any atom is 0.223 e. The lowest BCUT2D eigenvalue weighted by molar-refractivity contribution is -0.132. The van der Waals surface area contributed by atoms with E-state index in [-0.39, 0.29) is 11.8 Å². The Labute approximate surface area is 144 Å². The predicted molar refractivity (Wildman–Crippen MR) is 96.3 cm³/mol. The molecule has 3 heteroatoms. The van der Waals surface area contributed by atoms with Gasteiger partial charge >= 0.3 is 0 Å². The number of methoxy groups -OCH3 is 1. The molecule has 0 N–H and O–H groups in total. The average Bonchev–Trinajstić information content (AvgIpc) is 2.67. The molecule has 24 heavy (non-hydrogen) atoms. The van der Waals surface area contributed by atoms with E-state index in [2.05, 4.69) is 18.2 Å². The zero-order chi connectivity index (χ0) is 16.8. The van der Waals surface area contributed by atoms with Gasteiger partial charge in [0.25, 0.3) is 0 Å². The Hall–Kier alpha value is -2.29. The van der Waals surface area contributed by atoms with Crippen LogP contribution in [0.3, 0.4) is 0 Å². The number of piperidine rings is 1. The highest BCUT2D eigenvalue weighted by Crippen LogP contribution is 2.34. The molecule has 0 radical (unpaired) electrons. The number of para-hydroxylation sites is 1. The Kier molecular flexibility index (Phi) is 5.52. The van der Waals surface area contributed by atoms with Crippen molar-refractivity contribution in [3.63, 3.8) is 0 Å². The van der Waals surface area contributed by atoms with Crippen molar-refractivity contribution in [2.45, 2.75) is 31.6 Å². The topological polar surface area (TPSA) is 29.5 Å². The first kappa shape index (κ1) is 16.6. The van der Waals surface area contributed by atoms with Crippen LogP contribution in [0.1, 0.15) is 42.7 Å². The zero-order valence-corrected chi connectivity index (χ0v) is 14.3. The van der Waals surface area contributed by atoms with Gasteiger partial charge in [-0.05, 0) is 30.9 Å². The molecule has 3 nitrogen and oxygen atoms in total. The molecule has 3 rings (SSSR count). The van der Waals surface area contributed by atoms with Crippen LogP contribution in [0.15, 0.2) is 54.6 Å². The standard InChI is InChI=1S/C21H25NO2/c1-24-20-13-7-6-12-18(20)19(17-10-4-2-5-11-17)16-21(23)22-14-8-3-9-15-22/h2,4-7,10-13,19H,3,8-9,14-16H2,1H3. The van der Waals surface area contributed by atoms with Crippen LogP contribution in [0, 0.1) is 0 Å². The summed E-state index contributed by atoms with van der Waals surface area (Å²) in [6, 6.07) is 18.3. The number of likely N-dealkylation sites (tertiary alicyclic amines) is 1. The van der Waals surface area contributed by atoms with Crippen molar-refractivity contribution >= 4 is 5.91 Å². The van der Waals surface area contributed by atoms with Gasteiger partial charge in [0, 0.05) is 31.0 Å². The van der Waals surface area contributed by atoms with Crippen molar-refractivity contribution in [1.29, 1.82) is 0 Å². The number of ether oxygens (including phenoxy) is 1. The van der Waals surface area contributed by atoms with Crippen LogP contribution in [-0.4, -0.2) is 31.0 Å². The van der Waals surface area contributed by atoms with Crippen LogP contribution in [0.4, 0.5) is 0 Å². The maximum atomic E-state index is 12.8. The first-order chi connectivity index (χ1) is 11.8. The normalized spacial score (nSPS) is 15.8. The minimum absolute atomic E-state index is 0.0248. The van der Waals surface area contributed by atoms with E-state index in [4.69, 9.17) is 4.74 Å². The van der Waals surface area contributed by atoms with Crippen LogP contribution in [0.25, 0.3) is 0 Å². The number of hydrogen-bond donors (Lipinski definition) is 0. The fourth-order valence-corrected chi connectivity index (χ4v) is 3.49.